The van der Waals surface area contributed by atoms with Crippen molar-refractivity contribution in [1.82, 2.24) is 4.90 Å². The molecule has 0 aliphatic heterocycles. The molecule has 6 nitrogen and oxygen atoms in total. The molecule has 2 aromatic rings. The Hall–Kier alpha value is -2.99. The first-order chi connectivity index (χ1) is 13.4. The Morgan fingerprint density at radius 3 is 2.46 bits per heavy atom. The third-order valence-corrected chi connectivity index (χ3v) is 4.17. The van der Waals surface area contributed by atoms with E-state index in [2.05, 4.69) is 0 Å². The van der Waals surface area contributed by atoms with Crippen molar-refractivity contribution in [2.75, 3.05) is 27.9 Å². The summed E-state index contributed by atoms with van der Waals surface area (Å²) in [6.45, 7) is 0.108. The van der Waals surface area contributed by atoms with Gasteiger partial charge >= 0.3 is 5.97 Å². The van der Waals surface area contributed by atoms with Crippen LogP contribution >= 0.6 is 11.6 Å². The predicted molar refractivity (Wildman–Crippen MR) is 107 cm³/mol. The van der Waals surface area contributed by atoms with Gasteiger partial charge in [0.15, 0.2) is 18.1 Å². The van der Waals surface area contributed by atoms with Gasteiger partial charge in [-0.15, -0.1) is 0 Å². The van der Waals surface area contributed by atoms with Gasteiger partial charge in [0.1, 0.15) is 0 Å². The second kappa shape index (κ2) is 10.4. The molecule has 0 unspecified atom stereocenters. The summed E-state index contributed by atoms with van der Waals surface area (Å²) < 4.78 is 15.4. The fourth-order valence-electron chi connectivity index (χ4n) is 2.43. The van der Waals surface area contributed by atoms with Crippen LogP contribution in [-0.2, 0) is 20.9 Å². The molecule has 0 atom stereocenters. The van der Waals surface area contributed by atoms with Gasteiger partial charge in [-0.1, -0.05) is 41.9 Å². The second-order valence-corrected chi connectivity index (χ2v) is 6.32. The molecule has 0 aliphatic carbocycles. The molecular formula is C21H22ClNO5. The van der Waals surface area contributed by atoms with Gasteiger partial charge in [0.25, 0.3) is 5.91 Å². The van der Waals surface area contributed by atoms with Gasteiger partial charge in [0.2, 0.25) is 0 Å². The molecule has 148 valence electrons. The summed E-state index contributed by atoms with van der Waals surface area (Å²) in [5.41, 5.74) is 1.63. The number of carbonyl (C=O) groups is 2. The number of rotatable bonds is 8. The highest BCUT2D eigenvalue weighted by Gasteiger charge is 2.12. The quantitative estimate of drug-likeness (QED) is 0.498. The van der Waals surface area contributed by atoms with Crippen molar-refractivity contribution in [3.63, 3.8) is 0 Å². The Labute approximate surface area is 169 Å². The van der Waals surface area contributed by atoms with E-state index >= 15 is 0 Å². The van der Waals surface area contributed by atoms with Crippen LogP contribution in [0.15, 0.2) is 48.5 Å². The van der Waals surface area contributed by atoms with Crippen LogP contribution in [0.5, 0.6) is 11.5 Å². The number of carbonyl (C=O) groups excluding carboxylic acids is 2. The van der Waals surface area contributed by atoms with Crippen LogP contribution in [-0.4, -0.2) is 44.7 Å². The molecule has 0 spiro atoms. The molecule has 0 radical (unpaired) electrons. The number of methoxy groups -OCH3 is 2. The number of likely N-dealkylation sites (N-methyl/N-ethyl adjacent to an activating group) is 1. The van der Waals surface area contributed by atoms with Crippen molar-refractivity contribution in [3.8, 4) is 11.5 Å². The minimum absolute atomic E-state index is 0.292. The van der Waals surface area contributed by atoms with Crippen molar-refractivity contribution < 1.29 is 23.8 Å². The lowest BCUT2D eigenvalue weighted by molar-refractivity contribution is -0.147. The standard InChI is InChI=1S/C21H22ClNO5/c1-23(13-15-7-5-4-6-8-15)19(24)14-28-20(25)10-9-16-11-17(22)21(27-3)18(12-16)26-2/h4-12H,13-14H2,1-3H3/b10-9+. The maximum Gasteiger partial charge on any atom is 0.331 e. The first-order valence-electron chi connectivity index (χ1n) is 8.48. The van der Waals surface area contributed by atoms with E-state index in [4.69, 9.17) is 25.8 Å². The zero-order valence-electron chi connectivity index (χ0n) is 16.0. The number of hydrogen-bond donors (Lipinski definition) is 0. The molecule has 28 heavy (non-hydrogen) atoms. The number of amides is 1. The first kappa shape index (κ1) is 21.3. The van der Waals surface area contributed by atoms with Crippen LogP contribution in [0.25, 0.3) is 6.08 Å². The predicted octanol–water partition coefficient (Wildman–Crippen LogP) is 3.57. The van der Waals surface area contributed by atoms with Crippen LogP contribution in [0.4, 0.5) is 0 Å². The van der Waals surface area contributed by atoms with Crippen LogP contribution in [0, 0.1) is 0 Å². The number of esters is 1. The van der Waals surface area contributed by atoms with Crippen LogP contribution in [0.3, 0.4) is 0 Å². The van der Waals surface area contributed by atoms with Crippen molar-refractivity contribution in [3.05, 3.63) is 64.7 Å². The lowest BCUT2D eigenvalue weighted by Gasteiger charge is -2.16. The van der Waals surface area contributed by atoms with Gasteiger partial charge in [0, 0.05) is 19.7 Å². The number of hydrogen-bond acceptors (Lipinski definition) is 5. The molecule has 0 saturated carbocycles. The summed E-state index contributed by atoms with van der Waals surface area (Å²) >= 11 is 6.13. The summed E-state index contributed by atoms with van der Waals surface area (Å²) in [4.78, 5) is 25.5. The van der Waals surface area contributed by atoms with E-state index in [1.54, 1.807) is 19.2 Å². The Morgan fingerprint density at radius 2 is 1.82 bits per heavy atom. The van der Waals surface area contributed by atoms with Crippen molar-refractivity contribution in [1.29, 1.82) is 0 Å². The van der Waals surface area contributed by atoms with Crippen molar-refractivity contribution in [2.45, 2.75) is 6.54 Å². The average molecular weight is 404 g/mol. The van der Waals surface area contributed by atoms with E-state index in [1.165, 1.54) is 31.3 Å². The molecule has 7 heteroatoms. The number of benzene rings is 2. The minimum atomic E-state index is -0.632. The Morgan fingerprint density at radius 1 is 1.11 bits per heavy atom. The molecule has 1 amide bonds. The number of halogens is 1. The normalized spacial score (nSPS) is 10.6. The summed E-state index contributed by atoms with van der Waals surface area (Å²) in [5.74, 6) is -0.0659. The van der Waals surface area contributed by atoms with Gasteiger partial charge in [-0.2, -0.15) is 0 Å². The zero-order chi connectivity index (χ0) is 20.5. The monoisotopic (exact) mass is 403 g/mol. The molecular weight excluding hydrogens is 382 g/mol. The first-order valence-corrected chi connectivity index (χ1v) is 8.86. The van der Waals surface area contributed by atoms with E-state index in [1.807, 2.05) is 30.3 Å². The van der Waals surface area contributed by atoms with Gasteiger partial charge in [0.05, 0.1) is 19.2 Å². The van der Waals surface area contributed by atoms with Gasteiger partial charge < -0.3 is 19.1 Å². The van der Waals surface area contributed by atoms with E-state index < -0.39 is 5.97 Å². The highest BCUT2D eigenvalue weighted by Crippen LogP contribution is 2.36. The molecule has 0 N–H and O–H groups in total. The number of nitrogens with zero attached hydrogens (tertiary/aromatic N) is 1. The molecule has 2 rings (SSSR count). The largest absolute Gasteiger partial charge is 0.493 e. The molecule has 0 aliphatic rings. The summed E-state index contributed by atoms with van der Waals surface area (Å²) in [7, 11) is 4.64. The van der Waals surface area contributed by atoms with Crippen LogP contribution in [0.2, 0.25) is 5.02 Å². The molecule has 0 saturated heterocycles. The minimum Gasteiger partial charge on any atom is -0.493 e. The third-order valence-electron chi connectivity index (χ3n) is 3.89. The maximum absolute atomic E-state index is 12.1. The zero-order valence-corrected chi connectivity index (χ0v) is 16.7. The van der Waals surface area contributed by atoms with Crippen LogP contribution in [0.1, 0.15) is 11.1 Å². The average Bonchev–Trinajstić information content (AvgIpc) is 2.70. The number of ether oxygens (including phenoxy) is 3. The smallest absolute Gasteiger partial charge is 0.331 e. The Balaban J connectivity index is 1.89. The summed E-state index contributed by atoms with van der Waals surface area (Å²) in [5, 5.41) is 0.354. The topological polar surface area (TPSA) is 65.1 Å². The molecule has 0 aromatic heterocycles. The van der Waals surface area contributed by atoms with Gasteiger partial charge in [-0.25, -0.2) is 4.79 Å². The fourth-order valence-corrected chi connectivity index (χ4v) is 2.73. The maximum atomic E-state index is 12.1. The van der Waals surface area contributed by atoms with Crippen molar-refractivity contribution >= 4 is 29.6 Å². The lowest BCUT2D eigenvalue weighted by atomic mass is 10.2. The van der Waals surface area contributed by atoms with E-state index in [9.17, 15) is 9.59 Å². The van der Waals surface area contributed by atoms with Crippen molar-refractivity contribution in [2.24, 2.45) is 0 Å². The Kier molecular flexibility index (Phi) is 7.89. The lowest BCUT2D eigenvalue weighted by Crippen LogP contribution is -2.30. The molecule has 2 aromatic carbocycles. The van der Waals surface area contributed by atoms with E-state index in [0.717, 1.165) is 5.56 Å². The van der Waals surface area contributed by atoms with E-state index in [0.29, 0.717) is 28.6 Å². The molecule has 0 fully saturated rings. The third kappa shape index (κ3) is 6.03. The summed E-state index contributed by atoms with van der Waals surface area (Å²) in [6.07, 6.45) is 2.75. The van der Waals surface area contributed by atoms with Crippen LogP contribution < -0.4 is 9.47 Å². The van der Waals surface area contributed by atoms with E-state index in [-0.39, 0.29) is 12.5 Å². The molecule has 0 bridgehead atoms. The second-order valence-electron chi connectivity index (χ2n) is 5.91. The highest BCUT2D eigenvalue weighted by molar-refractivity contribution is 6.32. The van der Waals surface area contributed by atoms with Gasteiger partial charge in [-0.3, -0.25) is 4.79 Å². The fraction of sp³-hybridized carbons (Fsp3) is 0.238. The van der Waals surface area contributed by atoms with Gasteiger partial charge in [-0.05, 0) is 29.3 Å². The summed E-state index contributed by atoms with van der Waals surface area (Å²) in [6, 6.07) is 12.9. The SMILES string of the molecule is COc1cc(/C=C/C(=O)OCC(=O)N(C)Cc2ccccc2)cc(Cl)c1OC. The Bertz CT molecular complexity index is 851. The highest BCUT2D eigenvalue weighted by atomic mass is 35.5. The molecule has 0 heterocycles.